The van der Waals surface area contributed by atoms with E-state index in [1.807, 2.05) is 43.9 Å². The van der Waals surface area contributed by atoms with Crippen molar-refractivity contribution in [3.05, 3.63) is 29.3 Å². The van der Waals surface area contributed by atoms with Gasteiger partial charge in [-0.15, -0.1) is 0 Å². The summed E-state index contributed by atoms with van der Waals surface area (Å²) in [6.07, 6.45) is -0.541. The topological polar surface area (TPSA) is 65.0 Å². The van der Waals surface area contributed by atoms with Gasteiger partial charge < -0.3 is 20.1 Å². The predicted molar refractivity (Wildman–Crippen MR) is 94.5 cm³/mol. The van der Waals surface area contributed by atoms with Gasteiger partial charge in [-0.1, -0.05) is 12.1 Å². The number of nitrogens with zero attached hydrogens (tertiary/aromatic N) is 2. The van der Waals surface area contributed by atoms with Gasteiger partial charge in [0.1, 0.15) is 18.5 Å². The van der Waals surface area contributed by atoms with Crippen molar-refractivity contribution in [1.82, 2.24) is 15.1 Å². The number of piperazine rings is 1. The Morgan fingerprint density at radius 2 is 2.00 bits per heavy atom. The monoisotopic (exact) mass is 335 g/mol. The Morgan fingerprint density at radius 3 is 2.67 bits per heavy atom. The summed E-state index contributed by atoms with van der Waals surface area (Å²) in [7, 11) is 0. The normalized spacial score (nSPS) is 16.8. The maximum Gasteiger partial charge on any atom is 0.317 e. The molecule has 2 rings (SSSR count). The summed E-state index contributed by atoms with van der Waals surface area (Å²) in [4.78, 5) is 15.8. The molecule has 1 aromatic rings. The number of rotatable bonds is 6. The molecule has 134 valence electrons. The van der Waals surface area contributed by atoms with E-state index in [4.69, 9.17) is 4.74 Å². The zero-order valence-electron chi connectivity index (χ0n) is 14.9. The Morgan fingerprint density at radius 1 is 1.29 bits per heavy atom. The molecule has 0 aromatic heterocycles. The second-order valence-electron chi connectivity index (χ2n) is 6.36. The Kier molecular flexibility index (Phi) is 6.87. The standard InChI is InChI=1S/C18H29N3O3/c1-4-19-18(23)21-9-7-20(8-10-21)12-16(22)13-24-17-11-14(2)5-6-15(17)3/h5-6,11,16,22H,4,7-10,12-13H2,1-3H3,(H,19,23). The molecule has 1 aliphatic rings. The second kappa shape index (κ2) is 8.89. The molecule has 6 heteroatoms. The van der Waals surface area contributed by atoms with E-state index in [0.717, 1.165) is 30.0 Å². The van der Waals surface area contributed by atoms with Crippen molar-refractivity contribution in [3.63, 3.8) is 0 Å². The van der Waals surface area contributed by atoms with Gasteiger partial charge in [0.15, 0.2) is 0 Å². The number of β-amino-alcohol motifs (C(OH)–C–C–N with tert-alkyl or cyclic N) is 1. The minimum atomic E-state index is -0.541. The number of hydrogen-bond acceptors (Lipinski definition) is 4. The molecule has 0 spiro atoms. The van der Waals surface area contributed by atoms with E-state index in [-0.39, 0.29) is 12.6 Å². The van der Waals surface area contributed by atoms with Gasteiger partial charge in [0.05, 0.1) is 0 Å². The van der Waals surface area contributed by atoms with Crippen molar-refractivity contribution in [2.24, 2.45) is 0 Å². The van der Waals surface area contributed by atoms with Crippen LogP contribution in [0.1, 0.15) is 18.1 Å². The van der Waals surface area contributed by atoms with Gasteiger partial charge in [-0.05, 0) is 38.0 Å². The Hall–Kier alpha value is -1.79. The molecule has 2 amide bonds. The van der Waals surface area contributed by atoms with Crippen molar-refractivity contribution < 1.29 is 14.6 Å². The fourth-order valence-corrected chi connectivity index (χ4v) is 2.80. The summed E-state index contributed by atoms with van der Waals surface area (Å²) in [5.74, 6) is 0.829. The maximum absolute atomic E-state index is 11.8. The maximum atomic E-state index is 11.8. The van der Waals surface area contributed by atoms with Crippen LogP contribution < -0.4 is 10.1 Å². The molecule has 1 saturated heterocycles. The molecular formula is C18H29N3O3. The first kappa shape index (κ1) is 18.5. The molecule has 24 heavy (non-hydrogen) atoms. The summed E-state index contributed by atoms with van der Waals surface area (Å²) < 4.78 is 5.76. The predicted octanol–water partition coefficient (Wildman–Crippen LogP) is 1.39. The number of aryl methyl sites for hydroxylation is 2. The van der Waals surface area contributed by atoms with Crippen LogP contribution in [-0.4, -0.2) is 72.9 Å². The molecule has 0 aliphatic carbocycles. The van der Waals surface area contributed by atoms with E-state index in [1.165, 1.54) is 0 Å². The van der Waals surface area contributed by atoms with E-state index in [1.54, 1.807) is 0 Å². The van der Waals surface area contributed by atoms with Crippen LogP contribution in [0, 0.1) is 13.8 Å². The first-order valence-electron chi connectivity index (χ1n) is 8.63. The van der Waals surface area contributed by atoms with Crippen molar-refractivity contribution >= 4 is 6.03 Å². The number of aliphatic hydroxyl groups excluding tert-OH is 1. The fourth-order valence-electron chi connectivity index (χ4n) is 2.80. The molecule has 1 fully saturated rings. The summed E-state index contributed by atoms with van der Waals surface area (Å²) in [6, 6.07) is 6.06. The number of carbonyl (C=O) groups excluding carboxylic acids is 1. The lowest BCUT2D eigenvalue weighted by Crippen LogP contribution is -2.53. The number of hydrogen-bond donors (Lipinski definition) is 2. The molecule has 0 bridgehead atoms. The van der Waals surface area contributed by atoms with Crippen LogP contribution in [0.3, 0.4) is 0 Å². The number of benzene rings is 1. The molecule has 1 atom stereocenters. The highest BCUT2D eigenvalue weighted by Crippen LogP contribution is 2.19. The van der Waals surface area contributed by atoms with Gasteiger partial charge in [-0.3, -0.25) is 4.90 Å². The van der Waals surface area contributed by atoms with Gasteiger partial charge in [0.25, 0.3) is 0 Å². The number of ether oxygens (including phenoxy) is 1. The molecule has 0 radical (unpaired) electrons. The van der Waals surface area contributed by atoms with Crippen molar-refractivity contribution in [2.75, 3.05) is 45.9 Å². The molecule has 1 unspecified atom stereocenters. The SMILES string of the molecule is CCNC(=O)N1CCN(CC(O)COc2cc(C)ccc2C)CC1. The summed E-state index contributed by atoms with van der Waals surface area (Å²) in [5, 5.41) is 13.0. The molecule has 1 aromatic carbocycles. The summed E-state index contributed by atoms with van der Waals surface area (Å²) >= 11 is 0. The van der Waals surface area contributed by atoms with Crippen molar-refractivity contribution in [1.29, 1.82) is 0 Å². The lowest BCUT2D eigenvalue weighted by Gasteiger charge is -2.35. The van der Waals surface area contributed by atoms with E-state index in [2.05, 4.69) is 10.2 Å². The van der Waals surface area contributed by atoms with Crippen LogP contribution in [-0.2, 0) is 0 Å². The summed E-state index contributed by atoms with van der Waals surface area (Å²) in [5.41, 5.74) is 2.22. The molecule has 0 saturated carbocycles. The quantitative estimate of drug-likeness (QED) is 0.825. The fraction of sp³-hybridized carbons (Fsp3) is 0.611. The average Bonchev–Trinajstić information content (AvgIpc) is 2.56. The third kappa shape index (κ3) is 5.39. The first-order chi connectivity index (χ1) is 11.5. The largest absolute Gasteiger partial charge is 0.491 e. The van der Waals surface area contributed by atoms with Crippen LogP contribution in [0.25, 0.3) is 0 Å². The number of urea groups is 1. The number of carbonyl (C=O) groups is 1. The van der Waals surface area contributed by atoms with Gasteiger partial charge in [0.2, 0.25) is 0 Å². The second-order valence-corrected chi connectivity index (χ2v) is 6.36. The van der Waals surface area contributed by atoms with Crippen LogP contribution >= 0.6 is 0 Å². The Labute approximate surface area is 144 Å². The van der Waals surface area contributed by atoms with Gasteiger partial charge in [0, 0.05) is 39.3 Å². The minimum absolute atomic E-state index is 0.00375. The highest BCUT2D eigenvalue weighted by Gasteiger charge is 2.22. The number of nitrogens with one attached hydrogen (secondary N) is 1. The Bertz CT molecular complexity index is 542. The number of amides is 2. The smallest absolute Gasteiger partial charge is 0.317 e. The highest BCUT2D eigenvalue weighted by atomic mass is 16.5. The zero-order valence-corrected chi connectivity index (χ0v) is 14.9. The van der Waals surface area contributed by atoms with Gasteiger partial charge in [-0.2, -0.15) is 0 Å². The molecule has 6 nitrogen and oxygen atoms in total. The molecule has 1 aliphatic heterocycles. The van der Waals surface area contributed by atoms with E-state index < -0.39 is 6.10 Å². The summed E-state index contributed by atoms with van der Waals surface area (Å²) in [6.45, 7) is 10.4. The van der Waals surface area contributed by atoms with Crippen molar-refractivity contribution in [3.8, 4) is 5.75 Å². The molecule has 2 N–H and O–H groups in total. The van der Waals surface area contributed by atoms with Crippen LogP contribution in [0.2, 0.25) is 0 Å². The first-order valence-corrected chi connectivity index (χ1v) is 8.63. The molecule has 1 heterocycles. The van der Waals surface area contributed by atoms with Gasteiger partial charge in [-0.25, -0.2) is 4.79 Å². The van der Waals surface area contributed by atoms with Crippen molar-refractivity contribution in [2.45, 2.75) is 26.9 Å². The minimum Gasteiger partial charge on any atom is -0.491 e. The molecular weight excluding hydrogens is 306 g/mol. The third-order valence-corrected chi connectivity index (χ3v) is 4.23. The van der Waals surface area contributed by atoms with E-state index in [9.17, 15) is 9.90 Å². The van der Waals surface area contributed by atoms with Crippen LogP contribution in [0.4, 0.5) is 4.79 Å². The third-order valence-electron chi connectivity index (χ3n) is 4.23. The van der Waals surface area contributed by atoms with Crippen LogP contribution in [0.15, 0.2) is 18.2 Å². The van der Waals surface area contributed by atoms with E-state index in [0.29, 0.717) is 26.2 Å². The number of aliphatic hydroxyl groups is 1. The van der Waals surface area contributed by atoms with E-state index >= 15 is 0 Å². The lowest BCUT2D eigenvalue weighted by atomic mass is 10.1. The van der Waals surface area contributed by atoms with Crippen LogP contribution in [0.5, 0.6) is 5.75 Å². The van der Waals surface area contributed by atoms with Gasteiger partial charge >= 0.3 is 6.03 Å². The zero-order chi connectivity index (χ0) is 17.5. The lowest BCUT2D eigenvalue weighted by molar-refractivity contribution is 0.0514. The Balaban J connectivity index is 1.72. The highest BCUT2D eigenvalue weighted by molar-refractivity contribution is 5.74. The average molecular weight is 335 g/mol.